The average molecular weight is 574 g/mol. The molecule has 2 heteroatoms. The van der Waals surface area contributed by atoms with Crippen molar-refractivity contribution in [1.82, 2.24) is 4.57 Å². The summed E-state index contributed by atoms with van der Waals surface area (Å²) in [6.45, 7) is 10.5. The molecule has 0 atom stereocenters. The number of aryl methyl sites for hydroxylation is 1. The van der Waals surface area contributed by atoms with Crippen LogP contribution in [0.3, 0.4) is 0 Å². The lowest BCUT2D eigenvalue weighted by atomic mass is 10.0. The van der Waals surface area contributed by atoms with Crippen molar-refractivity contribution < 1.29 is 4.57 Å². The predicted octanol–water partition coefficient (Wildman–Crippen LogP) is 13.3. The maximum atomic E-state index is 2.59. The third-order valence-electron chi connectivity index (χ3n) is 9.35. The topological polar surface area (TPSA) is 8.81 Å². The van der Waals surface area contributed by atoms with Crippen LogP contribution in [0.25, 0.3) is 0 Å². The van der Waals surface area contributed by atoms with E-state index in [4.69, 9.17) is 0 Å². The largest absolute Gasteiger partial charge is 0.256 e. The molecule has 0 radical (unpaired) electrons. The number of hydrogen-bond acceptors (Lipinski definition) is 0. The van der Waals surface area contributed by atoms with E-state index in [0.29, 0.717) is 6.04 Å². The molecule has 0 saturated carbocycles. The quantitative estimate of drug-likeness (QED) is 0.0598. The van der Waals surface area contributed by atoms with Gasteiger partial charge in [0.05, 0.1) is 12.6 Å². The molecular weight excluding hydrogens is 496 g/mol. The van der Waals surface area contributed by atoms with Crippen LogP contribution in [0.5, 0.6) is 0 Å². The maximum Gasteiger partial charge on any atom is 0.256 e. The minimum absolute atomic E-state index is 0.568. The van der Waals surface area contributed by atoms with Crippen LogP contribution in [0.15, 0.2) is 12.4 Å². The summed E-state index contributed by atoms with van der Waals surface area (Å²) < 4.78 is 5.12. The van der Waals surface area contributed by atoms with Gasteiger partial charge in [-0.05, 0) is 33.1 Å². The Labute approximate surface area is 259 Å². The molecular formula is C39H77N2+. The fourth-order valence-corrected chi connectivity index (χ4v) is 6.55. The summed E-state index contributed by atoms with van der Waals surface area (Å²) >= 11 is 0. The molecule has 1 rings (SSSR count). The standard InChI is InChI=1S/C39H77N2/c1-5-7-9-11-13-15-17-19-21-22-24-26-28-30-32-34-39-40(36-37-41(39)38(3)4)35-33-31-29-27-25-23-20-18-16-14-12-10-8-6-2/h36-38H,5-35H2,1-4H3/q+1. The molecule has 0 aliphatic rings. The summed E-state index contributed by atoms with van der Waals surface area (Å²) in [5.74, 6) is 1.57. The summed E-state index contributed by atoms with van der Waals surface area (Å²) in [6, 6.07) is 0.568. The highest BCUT2D eigenvalue weighted by Crippen LogP contribution is 2.16. The molecule has 0 fully saturated rings. The van der Waals surface area contributed by atoms with Crippen LogP contribution >= 0.6 is 0 Å². The molecule has 0 saturated heterocycles. The lowest BCUT2D eigenvalue weighted by molar-refractivity contribution is -0.704. The number of imidazole rings is 1. The SMILES string of the molecule is CCCCCCCCCCCCCCCCCc1n(C(C)C)cc[n+]1CCCCCCCCCCCCCCCC. The first-order valence-electron chi connectivity index (χ1n) is 19.3. The zero-order chi connectivity index (χ0) is 29.6. The Hall–Kier alpha value is -0.790. The summed E-state index contributed by atoms with van der Waals surface area (Å²) in [6.07, 6.45) is 47.7. The second kappa shape index (κ2) is 29.3. The van der Waals surface area contributed by atoms with E-state index in [1.165, 1.54) is 199 Å². The van der Waals surface area contributed by atoms with Crippen molar-refractivity contribution in [2.45, 2.75) is 233 Å². The summed E-state index contributed by atoms with van der Waals surface area (Å²) in [4.78, 5) is 0. The maximum absolute atomic E-state index is 2.59. The molecule has 1 aromatic heterocycles. The van der Waals surface area contributed by atoms with E-state index >= 15 is 0 Å². The third kappa shape index (κ3) is 22.4. The van der Waals surface area contributed by atoms with Gasteiger partial charge in [-0.25, -0.2) is 9.13 Å². The zero-order valence-corrected chi connectivity index (χ0v) is 29.0. The lowest BCUT2D eigenvalue weighted by Crippen LogP contribution is -2.37. The first kappa shape index (κ1) is 38.2. The highest BCUT2D eigenvalue weighted by Gasteiger charge is 2.18. The van der Waals surface area contributed by atoms with E-state index in [2.05, 4.69) is 49.2 Å². The third-order valence-corrected chi connectivity index (χ3v) is 9.35. The van der Waals surface area contributed by atoms with Crippen molar-refractivity contribution in [2.24, 2.45) is 0 Å². The molecule has 1 heterocycles. The van der Waals surface area contributed by atoms with Gasteiger partial charge >= 0.3 is 0 Å². The molecule has 0 spiro atoms. The van der Waals surface area contributed by atoms with Crippen LogP contribution in [0, 0.1) is 0 Å². The smallest absolute Gasteiger partial charge is 0.234 e. The zero-order valence-electron chi connectivity index (χ0n) is 29.0. The van der Waals surface area contributed by atoms with E-state index in [1.54, 1.807) is 5.82 Å². The molecule has 0 amide bonds. The van der Waals surface area contributed by atoms with Gasteiger partial charge in [-0.3, -0.25) is 0 Å². The highest BCUT2D eigenvalue weighted by molar-refractivity contribution is 4.86. The van der Waals surface area contributed by atoms with Gasteiger partial charge in [0.25, 0.3) is 5.82 Å². The number of aromatic nitrogens is 2. The molecule has 2 nitrogen and oxygen atoms in total. The van der Waals surface area contributed by atoms with Crippen LogP contribution in [0.2, 0.25) is 0 Å². The summed E-state index contributed by atoms with van der Waals surface area (Å²) in [5.41, 5.74) is 0. The molecule has 1 aromatic rings. The highest BCUT2D eigenvalue weighted by atomic mass is 15.2. The molecule has 0 aromatic carbocycles. The van der Waals surface area contributed by atoms with Crippen LogP contribution < -0.4 is 4.57 Å². The van der Waals surface area contributed by atoms with Crippen molar-refractivity contribution in [3.05, 3.63) is 18.2 Å². The summed E-state index contributed by atoms with van der Waals surface area (Å²) in [5, 5.41) is 0. The normalized spacial score (nSPS) is 11.7. The summed E-state index contributed by atoms with van der Waals surface area (Å²) in [7, 11) is 0. The van der Waals surface area contributed by atoms with E-state index in [-0.39, 0.29) is 0 Å². The van der Waals surface area contributed by atoms with Gasteiger partial charge in [0, 0.05) is 6.42 Å². The van der Waals surface area contributed by atoms with E-state index < -0.39 is 0 Å². The predicted molar refractivity (Wildman–Crippen MR) is 184 cm³/mol. The fourth-order valence-electron chi connectivity index (χ4n) is 6.55. The number of unbranched alkanes of at least 4 members (excludes halogenated alkanes) is 27. The molecule has 242 valence electrons. The van der Waals surface area contributed by atoms with Crippen LogP contribution in [-0.4, -0.2) is 4.57 Å². The van der Waals surface area contributed by atoms with Gasteiger partial charge in [-0.1, -0.05) is 181 Å². The lowest BCUT2D eigenvalue weighted by Gasteiger charge is -2.08. The van der Waals surface area contributed by atoms with Crippen LogP contribution in [0.1, 0.15) is 226 Å². The molecule has 0 aliphatic carbocycles. The minimum atomic E-state index is 0.568. The van der Waals surface area contributed by atoms with E-state index in [0.717, 1.165) is 0 Å². The van der Waals surface area contributed by atoms with Crippen molar-refractivity contribution >= 4 is 0 Å². The molecule has 41 heavy (non-hydrogen) atoms. The van der Waals surface area contributed by atoms with Crippen molar-refractivity contribution in [3.8, 4) is 0 Å². The van der Waals surface area contributed by atoms with Crippen molar-refractivity contribution in [3.63, 3.8) is 0 Å². The number of hydrogen-bond donors (Lipinski definition) is 0. The van der Waals surface area contributed by atoms with Gasteiger partial charge in [0.1, 0.15) is 12.4 Å². The van der Waals surface area contributed by atoms with Gasteiger partial charge in [0.2, 0.25) is 0 Å². The Kier molecular flexibility index (Phi) is 27.3. The Bertz CT molecular complexity index is 646. The molecule has 0 aliphatic heterocycles. The van der Waals surface area contributed by atoms with Crippen molar-refractivity contribution in [1.29, 1.82) is 0 Å². The van der Waals surface area contributed by atoms with Crippen LogP contribution in [-0.2, 0) is 13.0 Å². The van der Waals surface area contributed by atoms with Crippen molar-refractivity contribution in [2.75, 3.05) is 0 Å². The van der Waals surface area contributed by atoms with Gasteiger partial charge < -0.3 is 0 Å². The number of nitrogens with zero attached hydrogens (tertiary/aromatic N) is 2. The van der Waals surface area contributed by atoms with Gasteiger partial charge in [-0.15, -0.1) is 0 Å². The first-order valence-corrected chi connectivity index (χ1v) is 19.3. The van der Waals surface area contributed by atoms with Gasteiger partial charge in [0.15, 0.2) is 0 Å². The Morgan fingerprint density at radius 3 is 1.12 bits per heavy atom. The van der Waals surface area contributed by atoms with Crippen LogP contribution in [0.4, 0.5) is 0 Å². The minimum Gasteiger partial charge on any atom is -0.234 e. The number of rotatable bonds is 32. The molecule has 0 bridgehead atoms. The van der Waals surface area contributed by atoms with Gasteiger partial charge in [-0.2, -0.15) is 0 Å². The second-order valence-corrected chi connectivity index (χ2v) is 13.7. The Balaban J connectivity index is 2.04. The van der Waals surface area contributed by atoms with E-state index in [9.17, 15) is 0 Å². The average Bonchev–Trinajstić information content (AvgIpc) is 3.38. The fraction of sp³-hybridized carbons (Fsp3) is 0.923. The Morgan fingerprint density at radius 2 is 0.780 bits per heavy atom. The second-order valence-electron chi connectivity index (χ2n) is 13.7. The van der Waals surface area contributed by atoms with E-state index in [1.807, 2.05) is 0 Å². The molecule has 0 N–H and O–H groups in total. The first-order chi connectivity index (χ1) is 20.2. The molecule has 0 unspecified atom stereocenters. The monoisotopic (exact) mass is 574 g/mol. The Morgan fingerprint density at radius 1 is 0.463 bits per heavy atom.